The minimum absolute atomic E-state index is 0.916. The number of hydrogen-bond donors (Lipinski definition) is 1. The van der Waals surface area contributed by atoms with E-state index in [0.717, 1.165) is 32.8 Å². The Morgan fingerprint density at radius 3 is 2.46 bits per heavy atom. The molecule has 0 unspecified atom stereocenters. The van der Waals surface area contributed by atoms with Crippen molar-refractivity contribution in [1.82, 2.24) is 10.2 Å². The maximum Gasteiger partial charge on any atom is 0.0594 e. The van der Waals surface area contributed by atoms with Crippen LogP contribution in [-0.2, 0) is 4.74 Å². The summed E-state index contributed by atoms with van der Waals surface area (Å²) in [6.45, 7) is 6.40. The zero-order valence-electron chi connectivity index (χ0n) is 8.46. The second-order valence-corrected chi connectivity index (χ2v) is 2.91. The van der Waals surface area contributed by atoms with E-state index in [1.165, 1.54) is 13.0 Å². The standard InChI is InChI=1S/C8H18N2O.C2H2/c1-9-3-2-4-10-5-7-11-8-6-10;1-2/h9H,2-8H2,1H3;1-2H. The van der Waals surface area contributed by atoms with Crippen molar-refractivity contribution in [2.45, 2.75) is 6.42 Å². The smallest absolute Gasteiger partial charge is 0.0594 e. The molecule has 1 N–H and O–H groups in total. The van der Waals surface area contributed by atoms with Gasteiger partial charge in [-0.2, -0.15) is 0 Å². The first-order valence-corrected chi connectivity index (χ1v) is 4.71. The van der Waals surface area contributed by atoms with E-state index in [0.29, 0.717) is 0 Å². The minimum Gasteiger partial charge on any atom is -0.379 e. The van der Waals surface area contributed by atoms with E-state index in [4.69, 9.17) is 4.74 Å². The van der Waals surface area contributed by atoms with Crippen molar-refractivity contribution in [2.75, 3.05) is 46.4 Å². The van der Waals surface area contributed by atoms with Gasteiger partial charge >= 0.3 is 0 Å². The number of nitrogens with one attached hydrogen (secondary N) is 1. The highest BCUT2D eigenvalue weighted by atomic mass is 16.5. The Hall–Kier alpha value is -0.560. The summed E-state index contributed by atoms with van der Waals surface area (Å²) in [5.74, 6) is 0. The Morgan fingerprint density at radius 1 is 1.31 bits per heavy atom. The van der Waals surface area contributed by atoms with Gasteiger partial charge in [0.25, 0.3) is 0 Å². The van der Waals surface area contributed by atoms with Crippen molar-refractivity contribution < 1.29 is 4.74 Å². The molecule has 13 heavy (non-hydrogen) atoms. The van der Waals surface area contributed by atoms with Gasteiger partial charge in [-0.15, -0.1) is 12.8 Å². The third kappa shape index (κ3) is 6.59. The highest BCUT2D eigenvalue weighted by Gasteiger charge is 2.08. The number of nitrogens with zero attached hydrogens (tertiary/aromatic N) is 1. The van der Waals surface area contributed by atoms with Gasteiger partial charge in [0.15, 0.2) is 0 Å². The first kappa shape index (κ1) is 12.4. The topological polar surface area (TPSA) is 24.5 Å². The monoisotopic (exact) mass is 184 g/mol. The summed E-state index contributed by atoms with van der Waals surface area (Å²) < 4.78 is 5.25. The number of hydrogen-bond acceptors (Lipinski definition) is 3. The van der Waals surface area contributed by atoms with Crippen LogP contribution in [0.15, 0.2) is 0 Å². The maximum absolute atomic E-state index is 5.25. The molecule has 0 aromatic carbocycles. The van der Waals surface area contributed by atoms with E-state index < -0.39 is 0 Å². The van der Waals surface area contributed by atoms with E-state index in [2.05, 4.69) is 23.1 Å². The number of rotatable bonds is 4. The van der Waals surface area contributed by atoms with Crippen LogP contribution in [0.5, 0.6) is 0 Å². The predicted molar refractivity (Wildman–Crippen MR) is 55.7 cm³/mol. The zero-order chi connectivity index (χ0) is 9.94. The molecule has 0 radical (unpaired) electrons. The van der Waals surface area contributed by atoms with E-state index >= 15 is 0 Å². The Labute approximate surface area is 81.4 Å². The Bertz CT molecular complexity index is 119. The van der Waals surface area contributed by atoms with Gasteiger partial charge in [0.1, 0.15) is 0 Å². The molecule has 0 amide bonds. The summed E-state index contributed by atoms with van der Waals surface area (Å²) in [6.07, 6.45) is 9.25. The largest absolute Gasteiger partial charge is 0.379 e. The van der Waals surface area contributed by atoms with Crippen LogP contribution >= 0.6 is 0 Å². The molecule has 0 spiro atoms. The molecule has 0 aromatic heterocycles. The lowest BCUT2D eigenvalue weighted by atomic mass is 10.3. The molecule has 1 fully saturated rings. The van der Waals surface area contributed by atoms with Gasteiger partial charge in [-0.05, 0) is 26.6 Å². The zero-order valence-corrected chi connectivity index (χ0v) is 8.46. The van der Waals surface area contributed by atoms with E-state index in [1.54, 1.807) is 0 Å². The molecular weight excluding hydrogens is 164 g/mol. The quantitative estimate of drug-likeness (QED) is 0.498. The highest BCUT2D eigenvalue weighted by Crippen LogP contribution is 1.96. The number of ether oxygens (including phenoxy) is 1. The highest BCUT2D eigenvalue weighted by molar-refractivity contribution is 4.61. The summed E-state index contributed by atoms with van der Waals surface area (Å²) in [4.78, 5) is 2.46. The molecule has 0 aliphatic carbocycles. The molecule has 76 valence electrons. The lowest BCUT2D eigenvalue weighted by Gasteiger charge is -2.26. The van der Waals surface area contributed by atoms with Crippen LogP contribution in [0.4, 0.5) is 0 Å². The molecule has 1 rings (SSSR count). The third-order valence-corrected chi connectivity index (χ3v) is 2.00. The summed E-state index contributed by atoms with van der Waals surface area (Å²) >= 11 is 0. The van der Waals surface area contributed by atoms with E-state index in [-0.39, 0.29) is 0 Å². The number of terminal acetylenes is 1. The first-order valence-electron chi connectivity index (χ1n) is 4.71. The molecule has 3 nitrogen and oxygen atoms in total. The average Bonchev–Trinajstić information content (AvgIpc) is 2.23. The Morgan fingerprint density at radius 2 is 1.92 bits per heavy atom. The molecule has 0 atom stereocenters. The van der Waals surface area contributed by atoms with Gasteiger partial charge in [-0.3, -0.25) is 4.90 Å². The molecule has 1 saturated heterocycles. The van der Waals surface area contributed by atoms with Gasteiger partial charge in [-0.1, -0.05) is 0 Å². The average molecular weight is 184 g/mol. The summed E-state index contributed by atoms with van der Waals surface area (Å²) in [7, 11) is 2.00. The van der Waals surface area contributed by atoms with E-state index in [9.17, 15) is 0 Å². The normalized spacial score (nSPS) is 17.5. The van der Waals surface area contributed by atoms with Gasteiger partial charge in [0.2, 0.25) is 0 Å². The van der Waals surface area contributed by atoms with Gasteiger partial charge < -0.3 is 10.1 Å². The van der Waals surface area contributed by atoms with Crippen molar-refractivity contribution in [2.24, 2.45) is 0 Å². The third-order valence-electron chi connectivity index (χ3n) is 2.00. The fourth-order valence-electron chi connectivity index (χ4n) is 1.30. The van der Waals surface area contributed by atoms with Crippen molar-refractivity contribution in [3.8, 4) is 12.8 Å². The second kappa shape index (κ2) is 9.53. The summed E-state index contributed by atoms with van der Waals surface area (Å²) in [5, 5.41) is 3.15. The van der Waals surface area contributed by atoms with Gasteiger partial charge in [0.05, 0.1) is 13.2 Å². The minimum atomic E-state index is 0.916. The van der Waals surface area contributed by atoms with Crippen LogP contribution in [0, 0.1) is 12.8 Å². The lowest BCUT2D eigenvalue weighted by Crippen LogP contribution is -2.37. The van der Waals surface area contributed by atoms with Crippen LogP contribution in [0.1, 0.15) is 6.42 Å². The fraction of sp³-hybridized carbons (Fsp3) is 0.800. The van der Waals surface area contributed by atoms with Gasteiger partial charge in [-0.25, -0.2) is 0 Å². The Kier molecular flexibility index (Phi) is 9.12. The van der Waals surface area contributed by atoms with E-state index in [1.807, 2.05) is 7.05 Å². The predicted octanol–water partition coefficient (Wildman–Crippen LogP) is 0.178. The van der Waals surface area contributed by atoms with Crippen molar-refractivity contribution in [3.05, 3.63) is 0 Å². The lowest BCUT2D eigenvalue weighted by molar-refractivity contribution is 0.0375. The van der Waals surface area contributed by atoms with Crippen molar-refractivity contribution in [3.63, 3.8) is 0 Å². The summed E-state index contributed by atoms with van der Waals surface area (Å²) in [6, 6.07) is 0. The summed E-state index contributed by atoms with van der Waals surface area (Å²) in [5.41, 5.74) is 0. The molecule has 1 heterocycles. The Balaban J connectivity index is 0.000000671. The van der Waals surface area contributed by atoms with Crippen LogP contribution < -0.4 is 5.32 Å². The van der Waals surface area contributed by atoms with Crippen LogP contribution in [-0.4, -0.2) is 51.3 Å². The van der Waals surface area contributed by atoms with Crippen molar-refractivity contribution in [1.29, 1.82) is 0 Å². The maximum atomic E-state index is 5.25. The molecule has 0 bridgehead atoms. The fourth-order valence-corrected chi connectivity index (χ4v) is 1.30. The SMILES string of the molecule is C#C.CNCCCN1CCOCC1. The van der Waals surface area contributed by atoms with Crippen LogP contribution in [0.2, 0.25) is 0 Å². The molecule has 0 aromatic rings. The molecule has 3 heteroatoms. The second-order valence-electron chi connectivity index (χ2n) is 2.91. The van der Waals surface area contributed by atoms with Crippen molar-refractivity contribution >= 4 is 0 Å². The first-order chi connectivity index (χ1) is 6.43. The molecule has 1 aliphatic heterocycles. The molecule has 1 aliphatic rings. The number of morpholine rings is 1. The van der Waals surface area contributed by atoms with Crippen LogP contribution in [0.3, 0.4) is 0 Å². The van der Waals surface area contributed by atoms with Crippen LogP contribution in [0.25, 0.3) is 0 Å². The molecule has 0 saturated carbocycles. The molecular formula is C10H20N2O. The van der Waals surface area contributed by atoms with Gasteiger partial charge in [0, 0.05) is 13.1 Å².